The van der Waals surface area contributed by atoms with E-state index < -0.39 is 35.8 Å². The lowest BCUT2D eigenvalue weighted by Gasteiger charge is -2.55. The Balaban J connectivity index is 1.02. The lowest BCUT2D eigenvalue weighted by molar-refractivity contribution is -0.270. The molecule has 6 unspecified atom stereocenters. The van der Waals surface area contributed by atoms with E-state index in [4.69, 9.17) is 23.7 Å². The minimum atomic E-state index is -1.08. The summed E-state index contributed by atoms with van der Waals surface area (Å²) in [6.07, 6.45) is 5.96. The van der Waals surface area contributed by atoms with Crippen molar-refractivity contribution in [3.8, 4) is 0 Å². The number of esters is 3. The fraction of sp³-hybridized carbons (Fsp3) is 0.893. The van der Waals surface area contributed by atoms with Gasteiger partial charge in [-0.2, -0.15) is 0 Å². The van der Waals surface area contributed by atoms with E-state index in [1.807, 2.05) is 18.7 Å². The molecule has 9 heteroatoms. The minimum absolute atomic E-state index is 0.107. The van der Waals surface area contributed by atoms with Crippen molar-refractivity contribution in [2.75, 3.05) is 32.8 Å². The second kappa shape index (κ2) is 8.91. The van der Waals surface area contributed by atoms with Crippen molar-refractivity contribution in [3.63, 3.8) is 0 Å². The monoisotopic (exact) mass is 517 g/mol. The summed E-state index contributed by atoms with van der Waals surface area (Å²) in [6, 6.07) is 0. The molecule has 0 radical (unpaired) electrons. The molecule has 2 heterocycles. The van der Waals surface area contributed by atoms with Crippen LogP contribution in [0.4, 0.5) is 0 Å². The summed E-state index contributed by atoms with van der Waals surface area (Å²) < 4.78 is 29.5. The Morgan fingerprint density at radius 1 is 0.946 bits per heavy atom. The van der Waals surface area contributed by atoms with Gasteiger partial charge < -0.3 is 23.7 Å². The Labute approximate surface area is 217 Å². The summed E-state index contributed by atoms with van der Waals surface area (Å²) in [7, 11) is 0. The minimum Gasteiger partial charge on any atom is -0.458 e. The molecule has 0 aromatic heterocycles. The Bertz CT molecular complexity index is 932. The first kappa shape index (κ1) is 24.3. The summed E-state index contributed by atoms with van der Waals surface area (Å²) in [5.41, 5.74) is 0. The van der Waals surface area contributed by atoms with Crippen LogP contribution >= 0.6 is 0 Å². The smallest absolute Gasteiger partial charge is 0.320 e. The number of hydrogen-bond acceptors (Lipinski definition) is 9. The standard InChI is InChI=1S/C28H39NO8/c1-28(2,36-23-16-8-14-7-15(10-16)11-17(23)9-14)37-27(32)22-19-12-18-21(22)26(31)35-25(18)24(19)34-20(30)13-29-3-5-33-6-4-29/h14-19,21-25H,3-13H2,1-2H3. The summed E-state index contributed by atoms with van der Waals surface area (Å²) in [6.45, 7) is 6.36. The van der Waals surface area contributed by atoms with E-state index in [-0.39, 0.29) is 36.4 Å². The van der Waals surface area contributed by atoms with Gasteiger partial charge in [-0.15, -0.1) is 0 Å². The number of carbonyl (C=O) groups excluding carboxylic acids is 3. The highest BCUT2D eigenvalue weighted by molar-refractivity contribution is 5.86. The van der Waals surface area contributed by atoms with E-state index in [0.29, 0.717) is 44.6 Å². The highest BCUT2D eigenvalue weighted by Crippen LogP contribution is 2.59. The maximum absolute atomic E-state index is 13.6. The van der Waals surface area contributed by atoms with Crippen LogP contribution < -0.4 is 0 Å². The molecule has 2 saturated heterocycles. The van der Waals surface area contributed by atoms with Gasteiger partial charge in [0.25, 0.3) is 0 Å². The van der Waals surface area contributed by atoms with Crippen molar-refractivity contribution >= 4 is 17.9 Å². The summed E-state index contributed by atoms with van der Waals surface area (Å²) in [5, 5.41) is 0. The Morgan fingerprint density at radius 3 is 2.30 bits per heavy atom. The largest absolute Gasteiger partial charge is 0.458 e. The molecule has 0 amide bonds. The van der Waals surface area contributed by atoms with Crippen LogP contribution in [0, 0.1) is 47.3 Å². The van der Waals surface area contributed by atoms with Gasteiger partial charge in [-0.05, 0) is 62.2 Å². The predicted molar refractivity (Wildman–Crippen MR) is 128 cm³/mol. The molecule has 204 valence electrons. The molecule has 6 aliphatic carbocycles. The third-order valence-electron chi connectivity index (χ3n) is 10.4. The number of ether oxygens (including phenoxy) is 5. The Morgan fingerprint density at radius 2 is 1.62 bits per heavy atom. The van der Waals surface area contributed by atoms with E-state index in [2.05, 4.69) is 0 Å². The lowest BCUT2D eigenvalue weighted by atomic mass is 9.55. The molecule has 2 aliphatic heterocycles. The van der Waals surface area contributed by atoms with Gasteiger partial charge in [0.1, 0.15) is 12.2 Å². The number of nitrogens with zero attached hydrogens (tertiary/aromatic N) is 1. The molecule has 6 atom stereocenters. The van der Waals surface area contributed by atoms with Gasteiger partial charge in [-0.25, -0.2) is 0 Å². The molecular formula is C28H39NO8. The first-order chi connectivity index (χ1) is 17.8. The van der Waals surface area contributed by atoms with Gasteiger partial charge in [0.05, 0.1) is 37.7 Å². The summed E-state index contributed by atoms with van der Waals surface area (Å²) in [4.78, 5) is 41.2. The maximum Gasteiger partial charge on any atom is 0.320 e. The Kier molecular flexibility index (Phi) is 5.86. The van der Waals surface area contributed by atoms with Gasteiger partial charge in [0.15, 0.2) is 0 Å². The lowest BCUT2D eigenvalue weighted by Crippen LogP contribution is -2.53. The first-order valence-electron chi connectivity index (χ1n) is 14.4. The predicted octanol–water partition coefficient (Wildman–Crippen LogP) is 2.16. The van der Waals surface area contributed by atoms with Crippen LogP contribution in [-0.4, -0.2) is 79.8 Å². The molecule has 0 aromatic carbocycles. The Hall–Kier alpha value is -1.71. The van der Waals surface area contributed by atoms with Gasteiger partial charge >= 0.3 is 17.9 Å². The second-order valence-electron chi connectivity index (χ2n) is 13.2. The summed E-state index contributed by atoms with van der Waals surface area (Å²) in [5.74, 6) is -1.02. The molecule has 37 heavy (non-hydrogen) atoms. The number of morpholine rings is 1. The van der Waals surface area contributed by atoms with E-state index >= 15 is 0 Å². The van der Waals surface area contributed by atoms with Crippen molar-refractivity contribution in [1.29, 1.82) is 0 Å². The highest BCUT2D eigenvalue weighted by Gasteiger charge is 2.70. The number of rotatable bonds is 7. The summed E-state index contributed by atoms with van der Waals surface area (Å²) >= 11 is 0. The molecule has 8 rings (SSSR count). The zero-order valence-electron chi connectivity index (χ0n) is 21.8. The van der Waals surface area contributed by atoms with Gasteiger partial charge in [0.2, 0.25) is 5.79 Å². The van der Waals surface area contributed by atoms with Gasteiger partial charge in [-0.1, -0.05) is 0 Å². The average molecular weight is 518 g/mol. The molecule has 8 fully saturated rings. The van der Waals surface area contributed by atoms with Crippen LogP contribution in [0.3, 0.4) is 0 Å². The molecule has 8 aliphatic rings. The molecule has 6 bridgehead atoms. The normalized spacial score (nSPS) is 45.8. The van der Waals surface area contributed by atoms with Gasteiger partial charge in [0, 0.05) is 38.8 Å². The SMILES string of the molecule is CC(C)(OC(=O)C1C2CC3C(OC(=O)C31)C2OC(=O)CN1CCOCC1)OC1C2CC3CC(C2)CC1C3. The van der Waals surface area contributed by atoms with E-state index in [0.717, 1.165) is 11.8 Å². The molecule has 0 aromatic rings. The van der Waals surface area contributed by atoms with Crippen LogP contribution in [0.15, 0.2) is 0 Å². The van der Waals surface area contributed by atoms with Crippen molar-refractivity contribution in [1.82, 2.24) is 4.90 Å². The van der Waals surface area contributed by atoms with Crippen LogP contribution in [0.2, 0.25) is 0 Å². The number of fused-ring (bicyclic) bond motifs is 1. The van der Waals surface area contributed by atoms with E-state index in [1.54, 1.807) is 0 Å². The zero-order valence-corrected chi connectivity index (χ0v) is 21.8. The topological polar surface area (TPSA) is 101 Å². The first-order valence-corrected chi connectivity index (χ1v) is 14.4. The van der Waals surface area contributed by atoms with Crippen LogP contribution in [-0.2, 0) is 38.1 Å². The van der Waals surface area contributed by atoms with Crippen LogP contribution in [0.1, 0.15) is 52.4 Å². The molecular weight excluding hydrogens is 478 g/mol. The molecule has 9 nitrogen and oxygen atoms in total. The number of hydrogen-bond donors (Lipinski definition) is 0. The third-order valence-corrected chi connectivity index (χ3v) is 10.4. The van der Waals surface area contributed by atoms with Crippen molar-refractivity contribution in [3.05, 3.63) is 0 Å². The highest BCUT2D eigenvalue weighted by atomic mass is 16.7. The molecule has 6 saturated carbocycles. The van der Waals surface area contributed by atoms with Crippen LogP contribution in [0.25, 0.3) is 0 Å². The average Bonchev–Trinajstić information content (AvgIpc) is 3.45. The molecule has 0 spiro atoms. The molecule has 0 N–H and O–H groups in total. The van der Waals surface area contributed by atoms with Crippen molar-refractivity contribution < 1.29 is 38.1 Å². The van der Waals surface area contributed by atoms with E-state index in [9.17, 15) is 14.4 Å². The van der Waals surface area contributed by atoms with Crippen molar-refractivity contribution in [2.24, 2.45) is 47.3 Å². The fourth-order valence-corrected chi connectivity index (χ4v) is 9.33. The number of carbonyl (C=O) groups is 3. The van der Waals surface area contributed by atoms with Gasteiger partial charge in [-0.3, -0.25) is 19.3 Å². The third kappa shape index (κ3) is 4.20. The zero-order chi connectivity index (χ0) is 25.5. The quantitative estimate of drug-likeness (QED) is 0.286. The van der Waals surface area contributed by atoms with E-state index in [1.165, 1.54) is 32.1 Å². The van der Waals surface area contributed by atoms with Crippen molar-refractivity contribution in [2.45, 2.75) is 76.5 Å². The fourth-order valence-electron chi connectivity index (χ4n) is 9.33. The van der Waals surface area contributed by atoms with Crippen LogP contribution in [0.5, 0.6) is 0 Å². The maximum atomic E-state index is 13.6. The second-order valence-corrected chi connectivity index (χ2v) is 13.2.